The van der Waals surface area contributed by atoms with Crippen molar-refractivity contribution in [1.29, 1.82) is 0 Å². The molecule has 4 aromatic rings. The molecule has 16 N–H and O–H groups in total. The van der Waals surface area contributed by atoms with E-state index in [1.165, 1.54) is 19.4 Å². The van der Waals surface area contributed by atoms with Crippen LogP contribution in [-0.4, -0.2) is 129 Å². The highest BCUT2D eigenvalue weighted by Gasteiger charge is 2.35. The zero-order valence-corrected chi connectivity index (χ0v) is 44.1. The Balaban J connectivity index is 1.56. The summed E-state index contributed by atoms with van der Waals surface area (Å²) in [6.45, 7) is 3.26. The van der Waals surface area contributed by atoms with Crippen LogP contribution >= 0.6 is 22.6 Å². The molecule has 0 saturated carbocycles. The lowest BCUT2D eigenvalue weighted by Gasteiger charge is -2.28. The van der Waals surface area contributed by atoms with E-state index in [-0.39, 0.29) is 76.8 Å². The summed E-state index contributed by atoms with van der Waals surface area (Å²) in [5, 5.41) is 22.4. The maximum Gasteiger partial charge on any atom is 0.243 e. The largest absolute Gasteiger partial charge is 0.370 e. The third-order valence-electron chi connectivity index (χ3n) is 12.4. The molecule has 0 bridgehead atoms. The molecule has 0 spiro atoms. The minimum Gasteiger partial charge on any atom is -0.370 e. The molecule has 0 aliphatic carbocycles. The molecule has 1 saturated heterocycles. The second kappa shape index (κ2) is 29.3. The number of aliphatic imine (C=N–C) groups is 1. The Kier molecular flexibility index (Phi) is 22.8. The van der Waals surface area contributed by atoms with Crippen LogP contribution in [0.5, 0.6) is 0 Å². The van der Waals surface area contributed by atoms with E-state index in [2.05, 4.69) is 85.1 Å². The number of primary amides is 1. The number of carbonyl (C=O) groups is 9. The summed E-state index contributed by atoms with van der Waals surface area (Å²) < 4.78 is 0.889. The van der Waals surface area contributed by atoms with E-state index in [0.717, 1.165) is 14.5 Å². The summed E-state index contributed by atoms with van der Waals surface area (Å²) in [5.41, 5.74) is 19.4. The van der Waals surface area contributed by atoms with Gasteiger partial charge in [-0.25, -0.2) is 4.98 Å². The molecule has 5 rings (SSSR count). The maximum absolute atomic E-state index is 14.8. The molecule has 25 heteroatoms. The topological polar surface area (TPSA) is 385 Å². The first-order valence-electron chi connectivity index (χ1n) is 24.9. The Hall–Kier alpha value is -7.58. The summed E-state index contributed by atoms with van der Waals surface area (Å²) in [7, 11) is 0. The van der Waals surface area contributed by atoms with E-state index in [0.29, 0.717) is 29.7 Å². The van der Waals surface area contributed by atoms with E-state index in [4.69, 9.17) is 17.2 Å². The number of nitrogens with two attached hydrogens (primary N) is 3. The predicted octanol–water partition coefficient (Wildman–Crippen LogP) is -0.644. The summed E-state index contributed by atoms with van der Waals surface area (Å²) in [6.07, 6.45) is 5.71. The number of amides is 9. The van der Waals surface area contributed by atoms with Crippen LogP contribution in [-0.2, 0) is 62.4 Å². The van der Waals surface area contributed by atoms with Crippen LogP contribution in [0, 0.1) is 3.57 Å². The van der Waals surface area contributed by atoms with Crippen LogP contribution < -0.4 is 59.7 Å². The average molecular weight is 1150 g/mol. The van der Waals surface area contributed by atoms with Crippen molar-refractivity contribution < 1.29 is 43.2 Å². The van der Waals surface area contributed by atoms with Gasteiger partial charge in [0.2, 0.25) is 53.2 Å². The fourth-order valence-corrected chi connectivity index (χ4v) is 8.76. The number of hydrogen-bond acceptors (Lipinski definition) is 11. The molecular formula is C50H68IN15O9. The van der Waals surface area contributed by atoms with Crippen molar-refractivity contribution in [1.82, 2.24) is 57.5 Å². The number of guanidine groups is 1. The van der Waals surface area contributed by atoms with Crippen LogP contribution in [0.1, 0.15) is 88.5 Å². The number of hydrogen-bond donors (Lipinski definition) is 13. The maximum atomic E-state index is 14.8. The number of para-hydroxylation sites is 1. The van der Waals surface area contributed by atoms with E-state index < -0.39 is 102 Å². The van der Waals surface area contributed by atoms with Gasteiger partial charge in [-0.1, -0.05) is 50.1 Å². The Labute approximate surface area is 447 Å². The normalized spacial score (nSPS) is 21.2. The van der Waals surface area contributed by atoms with Gasteiger partial charge < -0.3 is 69.7 Å². The number of nitrogens with one attached hydrogen (secondary N) is 10. The minimum absolute atomic E-state index is 0.0399. The van der Waals surface area contributed by atoms with Gasteiger partial charge in [0.05, 0.1) is 12.7 Å². The Morgan fingerprint density at radius 1 is 0.787 bits per heavy atom. The number of benzene rings is 2. The number of imidazole rings is 1. The highest BCUT2D eigenvalue weighted by molar-refractivity contribution is 14.1. The lowest BCUT2D eigenvalue weighted by Crippen LogP contribution is -2.61. The molecule has 2 aromatic heterocycles. The van der Waals surface area contributed by atoms with Crippen LogP contribution in [0.25, 0.3) is 10.9 Å². The van der Waals surface area contributed by atoms with Crippen molar-refractivity contribution >= 4 is 92.6 Å². The molecule has 404 valence electrons. The first kappa shape index (κ1) is 58.3. The molecule has 3 heterocycles. The third kappa shape index (κ3) is 19.0. The van der Waals surface area contributed by atoms with Gasteiger partial charge in [0.1, 0.15) is 42.3 Å². The molecule has 2 unspecified atom stereocenters. The van der Waals surface area contributed by atoms with E-state index in [1.54, 1.807) is 30.5 Å². The zero-order chi connectivity index (χ0) is 54.4. The summed E-state index contributed by atoms with van der Waals surface area (Å²) in [6, 6.07) is 5.09. The van der Waals surface area contributed by atoms with E-state index in [1.807, 2.05) is 31.2 Å². The molecule has 24 nitrogen and oxygen atoms in total. The van der Waals surface area contributed by atoms with E-state index >= 15 is 0 Å². The third-order valence-corrected chi connectivity index (χ3v) is 13.1. The molecule has 9 amide bonds. The summed E-state index contributed by atoms with van der Waals surface area (Å²) in [5.74, 6) is -7.10. The van der Waals surface area contributed by atoms with Gasteiger partial charge in [-0.3, -0.25) is 48.1 Å². The molecular weight excluding hydrogens is 1080 g/mol. The molecule has 2 aromatic carbocycles. The number of aromatic amines is 2. The number of fused-ring (bicyclic) bond motifs is 1. The number of rotatable bonds is 17. The van der Waals surface area contributed by atoms with Gasteiger partial charge in [0.25, 0.3) is 0 Å². The van der Waals surface area contributed by atoms with Gasteiger partial charge in [-0.15, -0.1) is 0 Å². The van der Waals surface area contributed by atoms with E-state index in [9.17, 15) is 43.2 Å². The molecule has 0 radical (unpaired) electrons. The second-order valence-corrected chi connectivity index (χ2v) is 19.6. The monoisotopic (exact) mass is 1150 g/mol. The SMILES string of the molecule is CCCC[C@H](NC(C)=O)C(=O)NC1CC(=O)NCCCC[C@@H](C(N)=O)NC(=O)[C@H](Cc2c[nH]c3ccccc23)NC(=O)[C@H](CCCN=C(N)N)NC(=O)[C@@H](Cc2ccc(I)cc2)NC(=O)C(Cc2cnc[nH]2)NC1=O. The smallest absolute Gasteiger partial charge is 0.243 e. The van der Waals surface area contributed by atoms with Crippen LogP contribution in [0.3, 0.4) is 0 Å². The first-order valence-corrected chi connectivity index (χ1v) is 26.0. The number of H-pyrrole nitrogens is 2. The van der Waals surface area contributed by atoms with Crippen LogP contribution in [0.15, 0.2) is 72.2 Å². The van der Waals surface area contributed by atoms with Gasteiger partial charge in [-0.05, 0) is 90.4 Å². The number of carbonyl (C=O) groups excluding carboxylic acids is 9. The Morgan fingerprint density at radius 2 is 1.44 bits per heavy atom. The quantitative estimate of drug-likeness (QED) is 0.0272. The summed E-state index contributed by atoms with van der Waals surface area (Å²) >= 11 is 2.12. The summed E-state index contributed by atoms with van der Waals surface area (Å²) in [4.78, 5) is 139. The zero-order valence-electron chi connectivity index (χ0n) is 42.0. The molecule has 75 heavy (non-hydrogen) atoms. The van der Waals surface area contributed by atoms with Gasteiger partial charge in [0, 0.05) is 71.8 Å². The van der Waals surface area contributed by atoms with Gasteiger partial charge >= 0.3 is 0 Å². The number of aromatic nitrogens is 3. The van der Waals surface area contributed by atoms with Crippen molar-refractivity contribution in [3.63, 3.8) is 0 Å². The molecule has 1 fully saturated rings. The fraction of sp³-hybridized carbons (Fsp3) is 0.460. The second-order valence-electron chi connectivity index (χ2n) is 18.3. The fourth-order valence-electron chi connectivity index (χ4n) is 8.40. The highest BCUT2D eigenvalue weighted by atomic mass is 127. The molecule has 7 atom stereocenters. The Morgan fingerprint density at radius 3 is 2.11 bits per heavy atom. The highest BCUT2D eigenvalue weighted by Crippen LogP contribution is 2.20. The number of unbranched alkanes of at least 4 members (excludes halogenated alkanes) is 1. The Bertz CT molecular complexity index is 2640. The van der Waals surface area contributed by atoms with Crippen molar-refractivity contribution in [2.45, 2.75) is 133 Å². The van der Waals surface area contributed by atoms with Crippen LogP contribution in [0.2, 0.25) is 0 Å². The minimum atomic E-state index is -1.58. The standard InChI is InChI=1S/C50H68IN15O9/c1-3-4-11-36(60-28(2)67)44(70)66-41-24-42(68)56-19-8-7-13-35(43(52)69)61-47(73)39(22-30-25-58-34-12-6-5-10-33(30)34)64-45(71)37(14-9-20-57-50(53)54)62-46(72)38(21-29-15-17-31(51)18-16-29)63-48(74)40(65-49(41)75)23-32-26-55-27-59-32/h5-6,10,12,15-18,25-27,35-41,58H,3-4,7-9,11,13-14,19-24H2,1-2H3,(H2,52,69)(H,55,59)(H,56,68)(H,60,67)(H,61,73)(H,62,72)(H,63,74)(H,64,71)(H,65,75)(H,66,70)(H4,53,54,57)/t35-,36-,37-,38+,39-,40?,41?/m0/s1. The molecule has 1 aliphatic heterocycles. The number of nitrogens with zero attached hydrogens (tertiary/aromatic N) is 2. The van der Waals surface area contributed by atoms with Crippen molar-refractivity contribution in [2.75, 3.05) is 13.1 Å². The van der Waals surface area contributed by atoms with Gasteiger partial charge in [0.15, 0.2) is 5.96 Å². The van der Waals surface area contributed by atoms with Crippen molar-refractivity contribution in [3.05, 3.63) is 87.6 Å². The van der Waals surface area contributed by atoms with Crippen molar-refractivity contribution in [2.24, 2.45) is 22.2 Å². The van der Waals surface area contributed by atoms with Crippen LogP contribution in [0.4, 0.5) is 0 Å². The first-order chi connectivity index (χ1) is 35.9. The molecule has 1 aliphatic rings. The average Bonchev–Trinajstić information content (AvgIpc) is 4.04. The van der Waals surface area contributed by atoms with Crippen molar-refractivity contribution in [3.8, 4) is 0 Å². The lowest BCUT2D eigenvalue weighted by atomic mass is 10.0. The van der Waals surface area contributed by atoms with Gasteiger partial charge in [-0.2, -0.15) is 0 Å². The predicted molar refractivity (Wildman–Crippen MR) is 286 cm³/mol. The lowest BCUT2D eigenvalue weighted by molar-refractivity contribution is -0.136. The number of halogens is 1.